The van der Waals surface area contributed by atoms with Crippen molar-refractivity contribution in [2.75, 3.05) is 13.6 Å². The molecular formula is C17H22N4O2S. The van der Waals surface area contributed by atoms with E-state index in [2.05, 4.69) is 34.7 Å². The first-order chi connectivity index (χ1) is 11.6. The number of nitrogens with one attached hydrogen (secondary N) is 2. The van der Waals surface area contributed by atoms with Crippen LogP contribution < -0.4 is 16.4 Å². The number of carbonyl (C=O) groups excluding carboxylic acids is 1. The van der Waals surface area contributed by atoms with Crippen LogP contribution in [0.2, 0.25) is 0 Å². The Morgan fingerprint density at radius 1 is 1.25 bits per heavy atom. The number of thioether (sulfide) groups is 1. The van der Waals surface area contributed by atoms with Crippen molar-refractivity contribution in [1.82, 2.24) is 10.6 Å². The van der Waals surface area contributed by atoms with Gasteiger partial charge >= 0.3 is 0 Å². The van der Waals surface area contributed by atoms with E-state index in [1.807, 2.05) is 18.2 Å². The summed E-state index contributed by atoms with van der Waals surface area (Å²) in [5.74, 6) is 0.879. The second kappa shape index (κ2) is 9.02. The van der Waals surface area contributed by atoms with Gasteiger partial charge in [0.1, 0.15) is 5.76 Å². The minimum absolute atomic E-state index is 0.155. The number of nitrogens with two attached hydrogens (primary N) is 1. The lowest BCUT2D eigenvalue weighted by molar-refractivity contribution is 0.0972. The van der Waals surface area contributed by atoms with Crippen LogP contribution in [0.25, 0.3) is 0 Å². The van der Waals surface area contributed by atoms with E-state index in [1.54, 1.807) is 30.9 Å². The Morgan fingerprint density at radius 3 is 2.62 bits per heavy atom. The predicted molar refractivity (Wildman–Crippen MR) is 97.2 cm³/mol. The van der Waals surface area contributed by atoms with Gasteiger partial charge in [-0.25, -0.2) is 0 Å². The Kier molecular flexibility index (Phi) is 6.74. The second-order valence-electron chi connectivity index (χ2n) is 5.18. The van der Waals surface area contributed by atoms with E-state index in [9.17, 15) is 4.79 Å². The smallest absolute Gasteiger partial charge is 0.284 e. The second-order valence-corrected chi connectivity index (χ2v) is 6.69. The maximum Gasteiger partial charge on any atom is 0.284 e. The number of hydrogen-bond donors (Lipinski definition) is 3. The molecule has 0 spiro atoms. The zero-order valence-corrected chi connectivity index (χ0v) is 14.6. The third kappa shape index (κ3) is 5.66. The van der Waals surface area contributed by atoms with Crippen LogP contribution >= 0.6 is 11.8 Å². The Bertz CT molecular complexity index is 685. The van der Waals surface area contributed by atoms with Gasteiger partial charge in [-0.15, -0.1) is 11.8 Å². The molecule has 1 aromatic heterocycles. The molecule has 2 aromatic rings. The number of amides is 1. The summed E-state index contributed by atoms with van der Waals surface area (Å²) in [6.07, 6.45) is 0. The van der Waals surface area contributed by atoms with Gasteiger partial charge in [0, 0.05) is 23.7 Å². The highest BCUT2D eigenvalue weighted by molar-refractivity contribution is 8.00. The summed E-state index contributed by atoms with van der Waals surface area (Å²) in [6, 6.07) is 13.6. The predicted octanol–water partition coefficient (Wildman–Crippen LogP) is 2.22. The third-order valence-corrected chi connectivity index (χ3v) is 4.31. The fourth-order valence-electron chi connectivity index (χ4n) is 2.01. The Morgan fingerprint density at radius 2 is 2.00 bits per heavy atom. The summed E-state index contributed by atoms with van der Waals surface area (Å²) in [5, 5.41) is 6.80. The minimum atomic E-state index is -0.574. The lowest BCUT2D eigenvalue weighted by Crippen LogP contribution is -2.39. The zero-order chi connectivity index (χ0) is 17.4. The number of primary amides is 1. The Balaban J connectivity index is 1.76. The molecule has 0 aliphatic heterocycles. The first-order valence-corrected chi connectivity index (χ1v) is 8.51. The Hall–Kier alpha value is -2.41. The van der Waals surface area contributed by atoms with Crippen molar-refractivity contribution in [1.29, 1.82) is 0 Å². The molecule has 1 amide bonds. The summed E-state index contributed by atoms with van der Waals surface area (Å²) in [6.45, 7) is 3.35. The fraction of sp³-hybridized carbons (Fsp3) is 0.294. The monoisotopic (exact) mass is 346 g/mol. The highest BCUT2D eigenvalue weighted by Gasteiger charge is 2.09. The van der Waals surface area contributed by atoms with Crippen molar-refractivity contribution >= 4 is 23.6 Å². The molecule has 7 heteroatoms. The van der Waals surface area contributed by atoms with Crippen LogP contribution in [-0.4, -0.2) is 30.7 Å². The molecule has 0 saturated carbocycles. The number of benzene rings is 1. The topological polar surface area (TPSA) is 92.6 Å². The normalized spacial score (nSPS) is 12.7. The summed E-state index contributed by atoms with van der Waals surface area (Å²) < 4.78 is 5.32. The molecule has 1 atom stereocenters. The summed E-state index contributed by atoms with van der Waals surface area (Å²) >= 11 is 1.80. The molecule has 0 saturated heterocycles. The van der Waals surface area contributed by atoms with E-state index in [-0.39, 0.29) is 5.76 Å². The van der Waals surface area contributed by atoms with Gasteiger partial charge in [0.15, 0.2) is 11.7 Å². The summed E-state index contributed by atoms with van der Waals surface area (Å²) in [4.78, 5) is 16.4. The van der Waals surface area contributed by atoms with Gasteiger partial charge in [0.2, 0.25) is 0 Å². The Labute approximate surface area is 145 Å². The van der Waals surface area contributed by atoms with Crippen LogP contribution in [0.15, 0.2) is 56.8 Å². The number of guanidine groups is 1. The van der Waals surface area contributed by atoms with Crippen LogP contribution in [0.3, 0.4) is 0 Å². The van der Waals surface area contributed by atoms with E-state index < -0.39 is 5.91 Å². The van der Waals surface area contributed by atoms with Crippen molar-refractivity contribution < 1.29 is 9.21 Å². The number of hydrogen-bond acceptors (Lipinski definition) is 4. The van der Waals surface area contributed by atoms with Gasteiger partial charge in [0.05, 0.1) is 6.54 Å². The quantitative estimate of drug-likeness (QED) is 0.406. The van der Waals surface area contributed by atoms with Crippen LogP contribution in [0.4, 0.5) is 0 Å². The van der Waals surface area contributed by atoms with Gasteiger partial charge < -0.3 is 20.8 Å². The number of furan rings is 1. The molecule has 4 N–H and O–H groups in total. The van der Waals surface area contributed by atoms with Crippen molar-refractivity contribution in [3.63, 3.8) is 0 Å². The largest absolute Gasteiger partial charge is 0.454 e. The van der Waals surface area contributed by atoms with E-state index in [0.717, 1.165) is 6.54 Å². The standard InChI is InChI=1S/C17H22N4O2S/c1-12(24-14-6-4-3-5-7-14)10-20-17(19-2)21-11-13-8-9-15(23-13)16(18)22/h3-9,12H,10-11H2,1-2H3,(H2,18,22)(H2,19,20,21). The SMILES string of the molecule is CN=C(NCc1ccc(C(N)=O)o1)NCC(C)Sc1ccccc1. The first-order valence-electron chi connectivity index (χ1n) is 7.63. The summed E-state index contributed by atoms with van der Waals surface area (Å²) in [7, 11) is 1.71. The number of aliphatic imine (C=N–C) groups is 1. The van der Waals surface area contributed by atoms with Gasteiger partial charge in [-0.1, -0.05) is 25.1 Å². The first kappa shape index (κ1) is 17.9. The maximum atomic E-state index is 11.0. The van der Waals surface area contributed by atoms with Crippen molar-refractivity contribution in [2.24, 2.45) is 10.7 Å². The molecule has 1 heterocycles. The average Bonchev–Trinajstić information content (AvgIpc) is 3.05. The van der Waals surface area contributed by atoms with E-state index >= 15 is 0 Å². The molecule has 1 unspecified atom stereocenters. The molecule has 24 heavy (non-hydrogen) atoms. The molecule has 1 aromatic carbocycles. The molecule has 0 aliphatic rings. The lowest BCUT2D eigenvalue weighted by Gasteiger charge is -2.15. The minimum Gasteiger partial charge on any atom is -0.454 e. The molecule has 0 radical (unpaired) electrons. The highest BCUT2D eigenvalue weighted by atomic mass is 32.2. The molecule has 2 rings (SSSR count). The number of carbonyl (C=O) groups is 1. The lowest BCUT2D eigenvalue weighted by atomic mass is 10.4. The third-order valence-electron chi connectivity index (χ3n) is 3.20. The molecule has 0 fully saturated rings. The average molecular weight is 346 g/mol. The van der Waals surface area contributed by atoms with Gasteiger partial charge in [-0.2, -0.15) is 0 Å². The fourth-order valence-corrected chi connectivity index (χ4v) is 2.96. The van der Waals surface area contributed by atoms with Gasteiger partial charge in [-0.05, 0) is 24.3 Å². The van der Waals surface area contributed by atoms with E-state index in [0.29, 0.717) is 23.5 Å². The summed E-state index contributed by atoms with van der Waals surface area (Å²) in [5.41, 5.74) is 5.16. The van der Waals surface area contributed by atoms with Gasteiger partial charge in [0.25, 0.3) is 5.91 Å². The maximum absolute atomic E-state index is 11.0. The molecule has 0 bridgehead atoms. The van der Waals surface area contributed by atoms with E-state index in [1.165, 1.54) is 4.90 Å². The van der Waals surface area contributed by atoms with Crippen LogP contribution in [-0.2, 0) is 6.54 Å². The zero-order valence-electron chi connectivity index (χ0n) is 13.8. The van der Waals surface area contributed by atoms with Crippen LogP contribution in [0, 0.1) is 0 Å². The molecule has 6 nitrogen and oxygen atoms in total. The molecule has 128 valence electrons. The molecular weight excluding hydrogens is 324 g/mol. The number of rotatable bonds is 7. The number of nitrogens with zero attached hydrogens (tertiary/aromatic N) is 1. The van der Waals surface area contributed by atoms with Gasteiger partial charge in [-0.3, -0.25) is 9.79 Å². The van der Waals surface area contributed by atoms with Crippen molar-refractivity contribution in [3.05, 3.63) is 54.0 Å². The molecule has 0 aliphatic carbocycles. The van der Waals surface area contributed by atoms with E-state index in [4.69, 9.17) is 10.2 Å². The highest BCUT2D eigenvalue weighted by Crippen LogP contribution is 2.21. The van der Waals surface area contributed by atoms with Crippen LogP contribution in [0.5, 0.6) is 0 Å². The van der Waals surface area contributed by atoms with Crippen molar-refractivity contribution in [2.45, 2.75) is 23.6 Å². The van der Waals surface area contributed by atoms with Crippen LogP contribution in [0.1, 0.15) is 23.2 Å². The van der Waals surface area contributed by atoms with Crippen molar-refractivity contribution in [3.8, 4) is 0 Å².